The molecule has 0 spiro atoms. The lowest BCUT2D eigenvalue weighted by molar-refractivity contribution is -0.113. The highest BCUT2D eigenvalue weighted by atomic mass is 35.5. The van der Waals surface area contributed by atoms with Gasteiger partial charge in [-0.2, -0.15) is 0 Å². The summed E-state index contributed by atoms with van der Waals surface area (Å²) in [6.45, 7) is 4.29. The largest absolute Gasteiger partial charge is 0.462 e. The van der Waals surface area contributed by atoms with Crippen molar-refractivity contribution in [3.8, 4) is 11.3 Å². The van der Waals surface area contributed by atoms with Crippen molar-refractivity contribution in [2.45, 2.75) is 38.3 Å². The van der Waals surface area contributed by atoms with E-state index in [-0.39, 0.29) is 17.6 Å². The highest BCUT2D eigenvalue weighted by Gasteiger charge is 2.29. The first-order valence-electron chi connectivity index (χ1n) is 10.8. The number of fused-ring (bicyclic) bond motifs is 1. The van der Waals surface area contributed by atoms with Crippen LogP contribution in [-0.2, 0) is 22.4 Å². The van der Waals surface area contributed by atoms with Gasteiger partial charge in [-0.3, -0.25) is 4.79 Å². The van der Waals surface area contributed by atoms with E-state index >= 15 is 0 Å². The number of amides is 1. The molecule has 0 fully saturated rings. The van der Waals surface area contributed by atoms with Gasteiger partial charge in [-0.15, -0.1) is 11.3 Å². The van der Waals surface area contributed by atoms with Gasteiger partial charge in [0.2, 0.25) is 5.91 Å². The molecule has 0 radical (unpaired) electrons. The monoisotopic (exact) mass is 501 g/mol. The summed E-state index contributed by atoms with van der Waals surface area (Å²) >= 11 is 8.69. The Bertz CT molecular complexity index is 1160. The van der Waals surface area contributed by atoms with Crippen LogP contribution >= 0.6 is 34.7 Å². The van der Waals surface area contributed by atoms with Crippen LogP contribution in [0, 0.1) is 5.92 Å². The Balaban J connectivity index is 1.46. The summed E-state index contributed by atoms with van der Waals surface area (Å²) in [5.41, 5.74) is 3.22. The van der Waals surface area contributed by atoms with Crippen LogP contribution in [0.25, 0.3) is 11.3 Å². The van der Waals surface area contributed by atoms with E-state index in [2.05, 4.69) is 22.2 Å². The maximum Gasteiger partial charge on any atom is 0.341 e. The van der Waals surface area contributed by atoms with Gasteiger partial charge in [-0.1, -0.05) is 42.4 Å². The van der Waals surface area contributed by atoms with E-state index in [1.165, 1.54) is 28.0 Å². The first-order chi connectivity index (χ1) is 15.9. The molecule has 1 aliphatic rings. The van der Waals surface area contributed by atoms with Crippen LogP contribution in [0.1, 0.15) is 41.1 Å². The quantitative estimate of drug-likeness (QED) is 0.247. The fourth-order valence-corrected chi connectivity index (χ4v) is 5.91. The zero-order valence-corrected chi connectivity index (χ0v) is 20.8. The number of anilines is 1. The van der Waals surface area contributed by atoms with Crippen molar-refractivity contribution in [1.82, 2.24) is 9.97 Å². The third-order valence-corrected chi connectivity index (χ3v) is 7.63. The van der Waals surface area contributed by atoms with Crippen LogP contribution in [-0.4, -0.2) is 34.2 Å². The molecular formula is C24H24ClN3O3S2. The lowest BCUT2D eigenvalue weighted by atomic mass is 9.88. The molecule has 0 unspecified atom stereocenters. The first kappa shape index (κ1) is 23.7. The van der Waals surface area contributed by atoms with Crippen LogP contribution in [0.2, 0.25) is 5.02 Å². The molecule has 1 aliphatic carbocycles. The number of thiophene rings is 1. The maximum absolute atomic E-state index is 12.7. The number of aromatic nitrogens is 2. The van der Waals surface area contributed by atoms with Crippen molar-refractivity contribution in [3.05, 3.63) is 57.6 Å². The Morgan fingerprint density at radius 1 is 1.27 bits per heavy atom. The van der Waals surface area contributed by atoms with Crippen LogP contribution in [0.4, 0.5) is 5.00 Å². The number of nitrogens with zero attached hydrogens (tertiary/aromatic N) is 2. The second kappa shape index (κ2) is 10.7. The summed E-state index contributed by atoms with van der Waals surface area (Å²) in [6, 6.07) is 9.21. The number of esters is 1. The van der Waals surface area contributed by atoms with Gasteiger partial charge in [0.25, 0.3) is 0 Å². The zero-order valence-electron chi connectivity index (χ0n) is 18.4. The van der Waals surface area contributed by atoms with E-state index in [9.17, 15) is 9.59 Å². The van der Waals surface area contributed by atoms with Gasteiger partial charge in [0.1, 0.15) is 5.00 Å². The zero-order chi connectivity index (χ0) is 23.4. The summed E-state index contributed by atoms with van der Waals surface area (Å²) in [5, 5.41) is 4.67. The topological polar surface area (TPSA) is 81.2 Å². The average molecular weight is 502 g/mol. The molecule has 0 bridgehead atoms. The predicted octanol–water partition coefficient (Wildman–Crippen LogP) is 5.89. The molecule has 0 aliphatic heterocycles. The number of benzene rings is 1. The van der Waals surface area contributed by atoms with Crippen molar-refractivity contribution < 1.29 is 14.3 Å². The lowest BCUT2D eigenvalue weighted by Crippen LogP contribution is -2.17. The minimum absolute atomic E-state index is 0.130. The molecular weight excluding hydrogens is 478 g/mol. The number of halogens is 1. The highest BCUT2D eigenvalue weighted by molar-refractivity contribution is 7.99. The molecule has 9 heteroatoms. The van der Waals surface area contributed by atoms with Gasteiger partial charge >= 0.3 is 5.97 Å². The van der Waals surface area contributed by atoms with E-state index in [1.807, 2.05) is 30.3 Å². The predicted molar refractivity (Wildman–Crippen MR) is 133 cm³/mol. The Labute approximate surface area is 206 Å². The third-order valence-electron chi connectivity index (χ3n) is 5.35. The minimum Gasteiger partial charge on any atom is -0.462 e. The molecule has 172 valence electrons. The normalized spacial score (nSPS) is 15.1. The van der Waals surface area contributed by atoms with Gasteiger partial charge in [0, 0.05) is 21.7 Å². The smallest absolute Gasteiger partial charge is 0.341 e. The van der Waals surface area contributed by atoms with Crippen molar-refractivity contribution in [1.29, 1.82) is 0 Å². The van der Waals surface area contributed by atoms with Crippen LogP contribution in [0.15, 0.2) is 41.7 Å². The van der Waals surface area contributed by atoms with Crippen molar-refractivity contribution >= 4 is 51.6 Å². The lowest BCUT2D eigenvalue weighted by Gasteiger charge is -2.18. The molecule has 1 N–H and O–H groups in total. The van der Waals surface area contributed by atoms with E-state index < -0.39 is 0 Å². The van der Waals surface area contributed by atoms with Crippen LogP contribution in [0.5, 0.6) is 0 Å². The van der Waals surface area contributed by atoms with Crippen LogP contribution in [0.3, 0.4) is 0 Å². The molecule has 1 amide bonds. The molecule has 0 saturated carbocycles. The fourth-order valence-electron chi connectivity index (χ4n) is 3.74. The summed E-state index contributed by atoms with van der Waals surface area (Å²) in [6.07, 6.45) is 4.45. The van der Waals surface area contributed by atoms with E-state index in [0.29, 0.717) is 33.3 Å². The molecule has 1 aromatic carbocycles. The molecule has 2 heterocycles. The summed E-state index contributed by atoms with van der Waals surface area (Å²) in [7, 11) is 0. The molecule has 33 heavy (non-hydrogen) atoms. The molecule has 3 aromatic rings. The van der Waals surface area contributed by atoms with Gasteiger partial charge in [-0.25, -0.2) is 14.8 Å². The standard InChI is InChI=1S/C24H24ClN3O3S2/c1-3-31-23(30)21-17-9-4-14(2)12-19(17)33-22(21)28-20(29)13-32-24-26-11-10-18(27-24)15-5-7-16(25)8-6-15/h5-8,10-11,14H,3-4,9,12-13H2,1-2H3,(H,28,29)/t14-/m1/s1. The van der Waals surface area contributed by atoms with Crippen LogP contribution < -0.4 is 5.32 Å². The van der Waals surface area contributed by atoms with E-state index in [1.54, 1.807) is 13.1 Å². The summed E-state index contributed by atoms with van der Waals surface area (Å²) < 4.78 is 5.28. The minimum atomic E-state index is -0.369. The Morgan fingerprint density at radius 2 is 2.06 bits per heavy atom. The van der Waals surface area contributed by atoms with E-state index in [0.717, 1.165) is 36.1 Å². The number of rotatable bonds is 7. The number of hydrogen-bond acceptors (Lipinski definition) is 7. The third kappa shape index (κ3) is 5.75. The van der Waals surface area contributed by atoms with Gasteiger partial charge < -0.3 is 10.1 Å². The van der Waals surface area contributed by atoms with Crippen molar-refractivity contribution in [2.75, 3.05) is 17.7 Å². The molecule has 4 rings (SSSR count). The van der Waals surface area contributed by atoms with Gasteiger partial charge in [0.15, 0.2) is 5.16 Å². The van der Waals surface area contributed by atoms with Crippen molar-refractivity contribution in [2.24, 2.45) is 5.92 Å². The Morgan fingerprint density at radius 3 is 2.82 bits per heavy atom. The van der Waals surface area contributed by atoms with Crippen molar-refractivity contribution in [3.63, 3.8) is 0 Å². The average Bonchev–Trinajstić information content (AvgIpc) is 3.15. The number of hydrogen-bond donors (Lipinski definition) is 1. The Kier molecular flexibility index (Phi) is 7.67. The molecule has 2 aromatic heterocycles. The van der Waals surface area contributed by atoms with Gasteiger partial charge in [-0.05, 0) is 55.9 Å². The highest BCUT2D eigenvalue weighted by Crippen LogP contribution is 2.40. The Hall–Kier alpha value is -2.42. The second-order valence-corrected chi connectivity index (χ2v) is 10.3. The number of thioether (sulfide) groups is 1. The number of carbonyl (C=O) groups excluding carboxylic acids is 2. The first-order valence-corrected chi connectivity index (χ1v) is 13.0. The molecule has 6 nitrogen and oxygen atoms in total. The number of ether oxygens (including phenoxy) is 1. The second-order valence-electron chi connectivity index (χ2n) is 7.84. The van der Waals surface area contributed by atoms with E-state index in [4.69, 9.17) is 16.3 Å². The summed E-state index contributed by atoms with van der Waals surface area (Å²) in [4.78, 5) is 35.3. The number of nitrogens with one attached hydrogen (secondary N) is 1. The fraction of sp³-hybridized carbons (Fsp3) is 0.333. The maximum atomic E-state index is 12.7. The SMILES string of the molecule is CCOC(=O)c1c(NC(=O)CSc2nccc(-c3ccc(Cl)cc3)n2)sc2c1CC[C@@H](C)C2. The van der Waals surface area contributed by atoms with Gasteiger partial charge in [0.05, 0.1) is 23.6 Å². The number of carbonyl (C=O) groups is 2. The molecule has 1 atom stereocenters. The summed E-state index contributed by atoms with van der Waals surface area (Å²) in [5.74, 6) is 0.116. The molecule has 0 saturated heterocycles.